The van der Waals surface area contributed by atoms with Gasteiger partial charge in [0.2, 0.25) is 0 Å². The molecule has 2 rings (SSSR count). The fraction of sp³-hybridized carbons (Fsp3) is 0.417. The number of hydrogen-bond donors (Lipinski definition) is 1. The lowest BCUT2D eigenvalue weighted by Crippen LogP contribution is -2.50. The summed E-state index contributed by atoms with van der Waals surface area (Å²) >= 11 is 1.52. The van der Waals surface area contributed by atoms with E-state index in [1.807, 2.05) is 18.4 Å². The first-order valence-corrected chi connectivity index (χ1v) is 6.55. The van der Waals surface area contributed by atoms with Crippen molar-refractivity contribution in [3.63, 3.8) is 0 Å². The molecular formula is C12H15N3O2S. The fourth-order valence-corrected chi connectivity index (χ4v) is 2.64. The number of hydrogen-bond acceptors (Lipinski definition) is 5. The number of aromatic nitrogens is 2. The number of carboxylic acids is 1. The van der Waals surface area contributed by atoms with Gasteiger partial charge in [-0.1, -0.05) is 0 Å². The number of rotatable bonds is 4. The summed E-state index contributed by atoms with van der Waals surface area (Å²) in [5.74, 6) is -0.192. The predicted molar refractivity (Wildman–Crippen MR) is 72.1 cm³/mol. The Morgan fingerprint density at radius 1 is 1.50 bits per heavy atom. The van der Waals surface area contributed by atoms with E-state index in [2.05, 4.69) is 9.97 Å². The fourth-order valence-electron chi connectivity index (χ4n) is 1.92. The molecule has 0 bridgehead atoms. The quantitative estimate of drug-likeness (QED) is 0.919. The molecule has 0 aliphatic rings. The van der Waals surface area contributed by atoms with Gasteiger partial charge in [-0.05, 0) is 32.2 Å². The molecule has 2 aromatic rings. The number of fused-ring (bicyclic) bond motifs is 1. The van der Waals surface area contributed by atoms with Crippen LogP contribution in [0.25, 0.3) is 10.2 Å². The molecule has 0 aliphatic heterocycles. The second-order valence-corrected chi connectivity index (χ2v) is 5.34. The Labute approximate surface area is 109 Å². The van der Waals surface area contributed by atoms with Crippen LogP contribution in [0, 0.1) is 0 Å². The van der Waals surface area contributed by atoms with Crippen LogP contribution in [0.3, 0.4) is 0 Å². The summed E-state index contributed by atoms with van der Waals surface area (Å²) in [5, 5.41) is 12.2. The number of likely N-dealkylation sites (N-methyl/N-ethyl adjacent to an activating group) is 1. The maximum atomic E-state index is 11.4. The number of aliphatic carboxylic acids is 1. The molecule has 0 atom stereocenters. The van der Waals surface area contributed by atoms with Crippen molar-refractivity contribution in [2.24, 2.45) is 0 Å². The lowest BCUT2D eigenvalue weighted by atomic mass is 10.0. The Morgan fingerprint density at radius 2 is 2.22 bits per heavy atom. The predicted octanol–water partition coefficient (Wildman–Crippen LogP) is 2.38. The van der Waals surface area contributed by atoms with Crippen LogP contribution in [-0.2, 0) is 4.79 Å². The third kappa shape index (κ3) is 1.92. The zero-order valence-electron chi connectivity index (χ0n) is 10.5. The van der Waals surface area contributed by atoms with Crippen LogP contribution >= 0.6 is 11.3 Å². The topological polar surface area (TPSA) is 66.3 Å². The van der Waals surface area contributed by atoms with Gasteiger partial charge in [0, 0.05) is 6.54 Å². The number of carbonyl (C=O) groups is 1. The molecule has 0 aromatic carbocycles. The summed E-state index contributed by atoms with van der Waals surface area (Å²) in [6.07, 6.45) is 1.48. The third-order valence-corrected chi connectivity index (χ3v) is 3.83. The third-order valence-electron chi connectivity index (χ3n) is 3.01. The minimum atomic E-state index is -1.00. The molecule has 2 aromatic heterocycles. The second-order valence-electron chi connectivity index (χ2n) is 4.45. The number of nitrogens with zero attached hydrogens (tertiary/aromatic N) is 3. The van der Waals surface area contributed by atoms with E-state index in [1.165, 1.54) is 17.7 Å². The molecule has 0 saturated carbocycles. The molecule has 0 aliphatic carbocycles. The van der Waals surface area contributed by atoms with Crippen LogP contribution in [0.2, 0.25) is 0 Å². The van der Waals surface area contributed by atoms with E-state index in [0.29, 0.717) is 12.4 Å². The number of carboxylic acid groups (broad SMARTS) is 1. The SMILES string of the molecule is CCN(c1ncnc2sccc12)C(C)(C)C(=O)O. The highest BCUT2D eigenvalue weighted by Gasteiger charge is 2.35. The van der Waals surface area contributed by atoms with Gasteiger partial charge in [-0.25, -0.2) is 14.8 Å². The van der Waals surface area contributed by atoms with Gasteiger partial charge in [0.05, 0.1) is 5.39 Å². The van der Waals surface area contributed by atoms with Gasteiger partial charge in [-0.3, -0.25) is 0 Å². The molecule has 2 heterocycles. The highest BCUT2D eigenvalue weighted by Crippen LogP contribution is 2.30. The van der Waals surface area contributed by atoms with Gasteiger partial charge in [0.25, 0.3) is 0 Å². The Morgan fingerprint density at radius 3 is 2.83 bits per heavy atom. The highest BCUT2D eigenvalue weighted by molar-refractivity contribution is 7.16. The van der Waals surface area contributed by atoms with E-state index in [9.17, 15) is 9.90 Å². The van der Waals surface area contributed by atoms with Crippen LogP contribution in [0.4, 0.5) is 5.82 Å². The minimum Gasteiger partial charge on any atom is -0.480 e. The highest BCUT2D eigenvalue weighted by atomic mass is 32.1. The van der Waals surface area contributed by atoms with Crippen molar-refractivity contribution in [3.8, 4) is 0 Å². The Balaban J connectivity index is 2.57. The zero-order chi connectivity index (χ0) is 13.3. The summed E-state index contributed by atoms with van der Waals surface area (Å²) in [6, 6.07) is 1.93. The maximum absolute atomic E-state index is 11.4. The molecule has 1 N–H and O–H groups in total. The zero-order valence-corrected chi connectivity index (χ0v) is 11.4. The van der Waals surface area contributed by atoms with Crippen molar-refractivity contribution in [2.75, 3.05) is 11.4 Å². The average molecular weight is 265 g/mol. The Kier molecular flexibility index (Phi) is 3.21. The Bertz CT molecular complexity index is 579. The van der Waals surface area contributed by atoms with E-state index in [4.69, 9.17) is 0 Å². The molecule has 5 nitrogen and oxygen atoms in total. The standard InChI is InChI=1S/C12H15N3O2S/c1-4-15(12(2,3)11(16)17)9-8-5-6-18-10(8)14-7-13-9/h5-7H,4H2,1-3H3,(H,16,17). The lowest BCUT2D eigenvalue weighted by molar-refractivity contribution is -0.142. The van der Waals surface area contributed by atoms with Crippen molar-refractivity contribution in [1.29, 1.82) is 0 Å². The summed E-state index contributed by atoms with van der Waals surface area (Å²) in [6.45, 7) is 5.85. The number of anilines is 1. The van der Waals surface area contributed by atoms with Crippen molar-refractivity contribution in [2.45, 2.75) is 26.3 Å². The smallest absolute Gasteiger partial charge is 0.328 e. The first-order valence-electron chi connectivity index (χ1n) is 5.67. The van der Waals surface area contributed by atoms with E-state index in [0.717, 1.165) is 10.2 Å². The van der Waals surface area contributed by atoms with Crippen LogP contribution in [-0.4, -0.2) is 33.1 Å². The summed E-state index contributed by atoms with van der Waals surface area (Å²) in [5.41, 5.74) is -1.00. The van der Waals surface area contributed by atoms with Gasteiger partial charge >= 0.3 is 5.97 Å². The van der Waals surface area contributed by atoms with E-state index in [1.54, 1.807) is 18.7 Å². The minimum absolute atomic E-state index is 0.571. The molecule has 96 valence electrons. The molecular weight excluding hydrogens is 250 g/mol. The van der Waals surface area contributed by atoms with Gasteiger partial charge in [0.1, 0.15) is 22.5 Å². The Hall–Kier alpha value is -1.69. The summed E-state index contributed by atoms with van der Waals surface area (Å²) < 4.78 is 0. The van der Waals surface area contributed by atoms with E-state index < -0.39 is 11.5 Å². The largest absolute Gasteiger partial charge is 0.480 e. The summed E-state index contributed by atoms with van der Waals surface area (Å²) in [4.78, 5) is 22.5. The van der Waals surface area contributed by atoms with Crippen LogP contribution in [0.5, 0.6) is 0 Å². The number of thiophene rings is 1. The normalized spacial score (nSPS) is 11.7. The molecule has 18 heavy (non-hydrogen) atoms. The van der Waals surface area contributed by atoms with Gasteiger partial charge in [-0.2, -0.15) is 0 Å². The molecule has 0 radical (unpaired) electrons. The second kappa shape index (κ2) is 4.53. The van der Waals surface area contributed by atoms with Crippen molar-refractivity contribution >= 4 is 33.3 Å². The van der Waals surface area contributed by atoms with Crippen molar-refractivity contribution in [3.05, 3.63) is 17.8 Å². The van der Waals surface area contributed by atoms with Crippen LogP contribution in [0.15, 0.2) is 17.8 Å². The molecule has 0 spiro atoms. The van der Waals surface area contributed by atoms with Crippen LogP contribution in [0.1, 0.15) is 20.8 Å². The molecule has 0 saturated heterocycles. The van der Waals surface area contributed by atoms with Gasteiger partial charge in [-0.15, -0.1) is 11.3 Å². The molecule has 0 fully saturated rings. The lowest BCUT2D eigenvalue weighted by Gasteiger charge is -2.35. The van der Waals surface area contributed by atoms with E-state index >= 15 is 0 Å². The van der Waals surface area contributed by atoms with Crippen molar-refractivity contribution < 1.29 is 9.90 Å². The molecule has 0 amide bonds. The maximum Gasteiger partial charge on any atom is 0.328 e. The van der Waals surface area contributed by atoms with Gasteiger partial charge < -0.3 is 10.0 Å². The average Bonchev–Trinajstić information content (AvgIpc) is 2.78. The monoisotopic (exact) mass is 265 g/mol. The van der Waals surface area contributed by atoms with Crippen molar-refractivity contribution in [1.82, 2.24) is 9.97 Å². The van der Waals surface area contributed by atoms with E-state index in [-0.39, 0.29) is 0 Å². The summed E-state index contributed by atoms with van der Waals surface area (Å²) in [7, 11) is 0. The first kappa shape index (κ1) is 12.8. The van der Waals surface area contributed by atoms with Crippen LogP contribution < -0.4 is 4.90 Å². The molecule has 0 unspecified atom stereocenters. The molecule has 6 heteroatoms. The first-order chi connectivity index (χ1) is 8.48. The van der Waals surface area contributed by atoms with Gasteiger partial charge in [0.15, 0.2) is 0 Å².